The van der Waals surface area contributed by atoms with E-state index in [1.165, 1.54) is 16.3 Å². The van der Waals surface area contributed by atoms with Crippen LogP contribution in [0.4, 0.5) is 0 Å². The molecule has 0 amide bonds. The van der Waals surface area contributed by atoms with E-state index >= 15 is 0 Å². The van der Waals surface area contributed by atoms with Crippen molar-refractivity contribution in [2.24, 2.45) is 0 Å². The smallest absolute Gasteiger partial charge is 0.0841 e. The Morgan fingerprint density at radius 3 is 2.15 bits per heavy atom. The van der Waals surface area contributed by atoms with Crippen LogP contribution in [0.1, 0.15) is 22.1 Å². The molecule has 3 aromatic carbocycles. The van der Waals surface area contributed by atoms with Crippen LogP contribution in [0, 0.1) is 6.92 Å². The van der Waals surface area contributed by atoms with Gasteiger partial charge in [0.05, 0.1) is 5.38 Å². The second-order valence-corrected chi connectivity index (χ2v) is 5.80. The third-order valence-electron chi connectivity index (χ3n) is 3.61. The van der Waals surface area contributed by atoms with E-state index in [1.807, 2.05) is 24.3 Å². The molecule has 0 aliphatic rings. The average molecular weight is 301 g/mol. The monoisotopic (exact) mass is 300 g/mol. The van der Waals surface area contributed by atoms with Crippen molar-refractivity contribution in [2.75, 3.05) is 0 Å². The van der Waals surface area contributed by atoms with Crippen molar-refractivity contribution >= 4 is 34.0 Å². The summed E-state index contributed by atoms with van der Waals surface area (Å²) in [5.74, 6) is 0. The first kappa shape index (κ1) is 13.5. The number of rotatable bonds is 2. The maximum Gasteiger partial charge on any atom is 0.0841 e. The Bertz CT molecular complexity index is 745. The van der Waals surface area contributed by atoms with Crippen molar-refractivity contribution in [1.82, 2.24) is 0 Å². The quantitative estimate of drug-likeness (QED) is 0.499. The van der Waals surface area contributed by atoms with E-state index in [-0.39, 0.29) is 5.38 Å². The summed E-state index contributed by atoms with van der Waals surface area (Å²) in [5.41, 5.74) is 3.46. The van der Waals surface area contributed by atoms with Gasteiger partial charge in [-0.2, -0.15) is 0 Å². The lowest BCUT2D eigenvalue weighted by atomic mass is 9.95. The van der Waals surface area contributed by atoms with Crippen LogP contribution in [0.3, 0.4) is 0 Å². The molecule has 20 heavy (non-hydrogen) atoms. The van der Waals surface area contributed by atoms with Gasteiger partial charge in [-0.3, -0.25) is 0 Å². The summed E-state index contributed by atoms with van der Waals surface area (Å²) in [4.78, 5) is 0. The zero-order valence-corrected chi connectivity index (χ0v) is 12.6. The molecule has 0 fully saturated rings. The van der Waals surface area contributed by atoms with Crippen molar-refractivity contribution in [2.45, 2.75) is 12.3 Å². The molecule has 0 bridgehead atoms. The van der Waals surface area contributed by atoms with Crippen molar-refractivity contribution in [3.8, 4) is 0 Å². The van der Waals surface area contributed by atoms with Gasteiger partial charge in [-0.05, 0) is 46.5 Å². The zero-order valence-electron chi connectivity index (χ0n) is 11.1. The van der Waals surface area contributed by atoms with E-state index in [9.17, 15) is 0 Å². The molecule has 0 aliphatic heterocycles. The van der Waals surface area contributed by atoms with Gasteiger partial charge >= 0.3 is 0 Å². The molecule has 0 saturated carbocycles. The first-order chi connectivity index (χ1) is 9.66. The molecule has 1 unspecified atom stereocenters. The SMILES string of the molecule is Cc1ccc(C(Cl)c2ccc(Cl)cc2)c2ccccc12. The van der Waals surface area contributed by atoms with Crippen molar-refractivity contribution in [3.05, 3.63) is 82.4 Å². The van der Waals surface area contributed by atoms with Gasteiger partial charge in [0, 0.05) is 5.02 Å². The number of hydrogen-bond acceptors (Lipinski definition) is 0. The highest BCUT2D eigenvalue weighted by Crippen LogP contribution is 2.35. The third-order valence-corrected chi connectivity index (χ3v) is 4.35. The predicted molar refractivity (Wildman–Crippen MR) is 87.8 cm³/mol. The Labute approximate surface area is 129 Å². The van der Waals surface area contributed by atoms with Gasteiger partial charge in [-0.15, -0.1) is 11.6 Å². The van der Waals surface area contributed by atoms with Crippen LogP contribution >= 0.6 is 23.2 Å². The van der Waals surface area contributed by atoms with Crippen LogP contribution in [0.25, 0.3) is 10.8 Å². The molecule has 0 aromatic heterocycles. The Kier molecular flexibility index (Phi) is 3.69. The van der Waals surface area contributed by atoms with E-state index in [2.05, 4.69) is 43.3 Å². The van der Waals surface area contributed by atoms with E-state index < -0.39 is 0 Å². The fraction of sp³-hybridized carbons (Fsp3) is 0.111. The summed E-state index contributed by atoms with van der Waals surface area (Å²) < 4.78 is 0. The summed E-state index contributed by atoms with van der Waals surface area (Å²) in [6.45, 7) is 2.12. The second kappa shape index (κ2) is 5.47. The fourth-order valence-corrected chi connectivity index (χ4v) is 2.97. The van der Waals surface area contributed by atoms with Crippen LogP contribution in [-0.2, 0) is 0 Å². The lowest BCUT2D eigenvalue weighted by Crippen LogP contribution is -1.95. The van der Waals surface area contributed by atoms with Crippen LogP contribution in [0.2, 0.25) is 5.02 Å². The lowest BCUT2D eigenvalue weighted by Gasteiger charge is -2.15. The summed E-state index contributed by atoms with van der Waals surface area (Å²) in [5, 5.41) is 3.02. The molecule has 0 N–H and O–H groups in total. The highest BCUT2D eigenvalue weighted by Gasteiger charge is 2.14. The van der Waals surface area contributed by atoms with E-state index in [4.69, 9.17) is 23.2 Å². The largest absolute Gasteiger partial charge is 0.113 e. The Morgan fingerprint density at radius 2 is 1.45 bits per heavy atom. The number of aryl methyl sites for hydroxylation is 1. The molecule has 0 spiro atoms. The minimum Gasteiger partial charge on any atom is -0.113 e. The molecule has 1 atom stereocenters. The maximum atomic E-state index is 6.67. The Balaban J connectivity index is 2.14. The summed E-state index contributed by atoms with van der Waals surface area (Å²) in [6.07, 6.45) is 0. The number of alkyl halides is 1. The van der Waals surface area contributed by atoms with Gasteiger partial charge < -0.3 is 0 Å². The molecule has 3 aromatic rings. The van der Waals surface area contributed by atoms with E-state index in [0.29, 0.717) is 0 Å². The molecule has 100 valence electrons. The summed E-state index contributed by atoms with van der Waals surface area (Å²) >= 11 is 12.6. The van der Waals surface area contributed by atoms with Gasteiger partial charge in [-0.25, -0.2) is 0 Å². The van der Waals surface area contributed by atoms with Crippen LogP contribution < -0.4 is 0 Å². The summed E-state index contributed by atoms with van der Waals surface area (Å²) in [7, 11) is 0. The number of fused-ring (bicyclic) bond motifs is 1. The zero-order chi connectivity index (χ0) is 14.1. The van der Waals surface area contributed by atoms with E-state index in [0.717, 1.165) is 16.1 Å². The van der Waals surface area contributed by atoms with Crippen LogP contribution in [0.5, 0.6) is 0 Å². The third kappa shape index (κ3) is 2.42. The maximum absolute atomic E-state index is 6.67. The van der Waals surface area contributed by atoms with Crippen molar-refractivity contribution in [3.63, 3.8) is 0 Å². The molecule has 3 rings (SSSR count). The van der Waals surface area contributed by atoms with Gasteiger partial charge in [0.1, 0.15) is 0 Å². The highest BCUT2D eigenvalue weighted by molar-refractivity contribution is 6.30. The minimum absolute atomic E-state index is 0.169. The van der Waals surface area contributed by atoms with Crippen molar-refractivity contribution < 1.29 is 0 Å². The van der Waals surface area contributed by atoms with E-state index in [1.54, 1.807) is 0 Å². The van der Waals surface area contributed by atoms with Gasteiger partial charge in [0.15, 0.2) is 0 Å². The standard InChI is InChI=1S/C18H14Cl2/c1-12-6-11-17(16-5-3-2-4-15(12)16)18(20)13-7-9-14(19)10-8-13/h2-11,18H,1H3. The second-order valence-electron chi connectivity index (χ2n) is 4.93. The minimum atomic E-state index is -0.169. The molecule has 0 nitrogen and oxygen atoms in total. The average Bonchev–Trinajstić information content (AvgIpc) is 2.48. The predicted octanol–water partition coefficient (Wildman–Crippen LogP) is 6.13. The fourth-order valence-electron chi connectivity index (χ4n) is 2.51. The number of halogens is 2. The molecule has 0 saturated heterocycles. The van der Waals surface area contributed by atoms with Crippen LogP contribution in [-0.4, -0.2) is 0 Å². The Hall–Kier alpha value is -1.50. The molecule has 0 heterocycles. The lowest BCUT2D eigenvalue weighted by molar-refractivity contribution is 1.16. The number of benzene rings is 3. The number of hydrogen-bond donors (Lipinski definition) is 0. The molecular weight excluding hydrogens is 287 g/mol. The molecule has 0 radical (unpaired) electrons. The molecule has 0 aliphatic carbocycles. The topological polar surface area (TPSA) is 0 Å². The first-order valence-corrected chi connectivity index (χ1v) is 7.36. The normalized spacial score (nSPS) is 12.6. The Morgan fingerprint density at radius 1 is 0.800 bits per heavy atom. The summed E-state index contributed by atoms with van der Waals surface area (Å²) in [6, 6.07) is 20.3. The first-order valence-electron chi connectivity index (χ1n) is 6.54. The van der Waals surface area contributed by atoms with Crippen LogP contribution in [0.15, 0.2) is 60.7 Å². The van der Waals surface area contributed by atoms with Gasteiger partial charge in [-0.1, -0.05) is 60.1 Å². The van der Waals surface area contributed by atoms with Gasteiger partial charge in [0.2, 0.25) is 0 Å². The van der Waals surface area contributed by atoms with Gasteiger partial charge in [0.25, 0.3) is 0 Å². The van der Waals surface area contributed by atoms with Crippen molar-refractivity contribution in [1.29, 1.82) is 0 Å². The highest BCUT2D eigenvalue weighted by atomic mass is 35.5. The molecular formula is C18H14Cl2. The molecule has 2 heteroatoms.